The molecule has 0 unspecified atom stereocenters. The third-order valence-corrected chi connectivity index (χ3v) is 6.52. The highest BCUT2D eigenvalue weighted by Crippen LogP contribution is 2.33. The van der Waals surface area contributed by atoms with E-state index in [-0.39, 0.29) is 18.1 Å². The first kappa shape index (κ1) is 22.7. The van der Waals surface area contributed by atoms with Crippen molar-refractivity contribution in [2.24, 2.45) is 13.0 Å². The van der Waals surface area contributed by atoms with Gasteiger partial charge in [0.2, 0.25) is 5.91 Å². The molecule has 1 aliphatic heterocycles. The summed E-state index contributed by atoms with van der Waals surface area (Å²) in [6, 6.07) is 8.85. The number of anilines is 1. The Morgan fingerprint density at radius 2 is 1.89 bits per heavy atom. The van der Waals surface area contributed by atoms with Gasteiger partial charge in [-0.05, 0) is 37.6 Å². The Balaban J connectivity index is 1.30. The lowest BCUT2D eigenvalue weighted by Crippen LogP contribution is -2.31. The standard InChI is InChI=1S/C25H22F3N5O2/c1-13-21(16-4-3-8-29-23(16)32(13)2)19-5-6-20(31-19)25(35)33-9-7-14(12-33)24(34)30-15-10-17(26)22(28)18(27)11-15/h3-6,8,10-11,14,31H,7,9,12H2,1-2H3,(H,30,34)/t14-/m0/s1. The number of H-pyrrole nitrogens is 1. The average Bonchev–Trinajstić information content (AvgIpc) is 3.57. The smallest absolute Gasteiger partial charge is 0.270 e. The monoisotopic (exact) mass is 481 g/mol. The van der Waals surface area contributed by atoms with E-state index in [9.17, 15) is 22.8 Å². The van der Waals surface area contributed by atoms with E-state index in [0.717, 1.165) is 40.1 Å². The largest absolute Gasteiger partial charge is 0.350 e. The van der Waals surface area contributed by atoms with Crippen molar-refractivity contribution in [2.75, 3.05) is 18.4 Å². The predicted molar refractivity (Wildman–Crippen MR) is 124 cm³/mol. The molecular formula is C25H22F3N5O2. The third-order valence-electron chi connectivity index (χ3n) is 6.52. The zero-order valence-corrected chi connectivity index (χ0v) is 19.0. The van der Waals surface area contributed by atoms with Crippen LogP contribution in [0, 0.1) is 30.3 Å². The number of aromatic amines is 1. The molecule has 35 heavy (non-hydrogen) atoms. The van der Waals surface area contributed by atoms with Gasteiger partial charge >= 0.3 is 0 Å². The van der Waals surface area contributed by atoms with Crippen LogP contribution in [-0.4, -0.2) is 44.3 Å². The molecule has 3 aromatic heterocycles. The van der Waals surface area contributed by atoms with Gasteiger partial charge in [0.15, 0.2) is 17.5 Å². The van der Waals surface area contributed by atoms with Crippen molar-refractivity contribution in [3.05, 3.63) is 71.4 Å². The molecule has 0 aliphatic carbocycles. The van der Waals surface area contributed by atoms with Gasteiger partial charge in [-0.15, -0.1) is 0 Å². The van der Waals surface area contributed by atoms with Crippen LogP contribution in [0.4, 0.5) is 18.9 Å². The fourth-order valence-corrected chi connectivity index (χ4v) is 4.59. The van der Waals surface area contributed by atoms with Crippen LogP contribution in [0.1, 0.15) is 22.6 Å². The van der Waals surface area contributed by atoms with E-state index < -0.39 is 29.3 Å². The molecule has 4 aromatic rings. The molecule has 0 spiro atoms. The van der Waals surface area contributed by atoms with Crippen molar-refractivity contribution in [2.45, 2.75) is 13.3 Å². The molecule has 1 aliphatic rings. The Morgan fingerprint density at radius 1 is 1.14 bits per heavy atom. The van der Waals surface area contributed by atoms with E-state index in [2.05, 4.69) is 15.3 Å². The second-order valence-corrected chi connectivity index (χ2v) is 8.66. The lowest BCUT2D eigenvalue weighted by molar-refractivity contribution is -0.119. The van der Waals surface area contributed by atoms with Crippen molar-refractivity contribution < 1.29 is 22.8 Å². The summed E-state index contributed by atoms with van der Waals surface area (Å²) in [5.74, 6) is -5.67. The molecule has 0 bridgehead atoms. The molecular weight excluding hydrogens is 459 g/mol. The molecule has 4 heterocycles. The van der Waals surface area contributed by atoms with E-state index in [1.165, 1.54) is 0 Å². The maximum atomic E-state index is 13.4. The number of rotatable bonds is 4. The molecule has 5 rings (SSSR count). The summed E-state index contributed by atoms with van der Waals surface area (Å²) in [6.45, 7) is 2.50. The minimum absolute atomic E-state index is 0.155. The van der Waals surface area contributed by atoms with E-state index in [0.29, 0.717) is 18.7 Å². The SMILES string of the molecule is Cc1c(-c2ccc(C(=O)N3CC[C@H](C(=O)Nc4cc(F)c(F)c(F)c4)C3)[nH]2)c2cccnc2n1C. The minimum Gasteiger partial charge on any atom is -0.350 e. The zero-order valence-electron chi connectivity index (χ0n) is 19.0. The Morgan fingerprint density at radius 3 is 2.63 bits per heavy atom. The number of carbonyl (C=O) groups is 2. The minimum atomic E-state index is -1.60. The van der Waals surface area contributed by atoms with Crippen LogP contribution in [0.2, 0.25) is 0 Å². The van der Waals surface area contributed by atoms with Gasteiger partial charge in [-0.1, -0.05) is 0 Å². The number of fused-ring (bicyclic) bond motifs is 1. The number of aryl methyl sites for hydroxylation is 1. The molecule has 7 nitrogen and oxygen atoms in total. The number of hydrogen-bond acceptors (Lipinski definition) is 3. The van der Waals surface area contributed by atoms with Crippen LogP contribution in [0.25, 0.3) is 22.3 Å². The molecule has 1 fully saturated rings. The summed E-state index contributed by atoms with van der Waals surface area (Å²) in [6.07, 6.45) is 2.13. The number of carbonyl (C=O) groups excluding carboxylic acids is 2. The topological polar surface area (TPSA) is 83.0 Å². The highest BCUT2D eigenvalue weighted by Gasteiger charge is 2.32. The normalized spacial score (nSPS) is 15.7. The molecule has 2 amide bonds. The van der Waals surface area contributed by atoms with Crippen molar-refractivity contribution >= 4 is 28.5 Å². The van der Waals surface area contributed by atoms with Crippen LogP contribution in [0.3, 0.4) is 0 Å². The Labute approximate surface area is 198 Å². The third kappa shape index (κ3) is 3.94. The number of aromatic nitrogens is 3. The fourth-order valence-electron chi connectivity index (χ4n) is 4.59. The second kappa shape index (κ2) is 8.61. The summed E-state index contributed by atoms with van der Waals surface area (Å²) >= 11 is 0. The summed E-state index contributed by atoms with van der Waals surface area (Å²) in [5, 5.41) is 3.38. The Bertz CT molecular complexity index is 1450. The average molecular weight is 481 g/mol. The number of nitrogens with one attached hydrogen (secondary N) is 2. The fraction of sp³-hybridized carbons (Fsp3) is 0.240. The highest BCUT2D eigenvalue weighted by atomic mass is 19.2. The maximum absolute atomic E-state index is 13.4. The van der Waals surface area contributed by atoms with Crippen LogP contribution < -0.4 is 5.32 Å². The van der Waals surface area contributed by atoms with Crippen LogP contribution in [0.15, 0.2) is 42.6 Å². The molecule has 0 saturated carbocycles. The molecule has 2 N–H and O–H groups in total. The molecule has 1 atom stereocenters. The predicted octanol–water partition coefficient (Wildman–Crippen LogP) is 4.39. The van der Waals surface area contributed by atoms with Gasteiger partial charge in [-0.25, -0.2) is 18.2 Å². The van der Waals surface area contributed by atoms with Gasteiger partial charge in [-0.3, -0.25) is 9.59 Å². The summed E-state index contributed by atoms with van der Waals surface area (Å²) in [7, 11) is 1.94. The summed E-state index contributed by atoms with van der Waals surface area (Å²) in [5.41, 5.74) is 3.82. The highest BCUT2D eigenvalue weighted by molar-refractivity contribution is 5.99. The van der Waals surface area contributed by atoms with Gasteiger partial charge in [0.05, 0.1) is 5.92 Å². The Kier molecular flexibility index (Phi) is 5.58. The lowest BCUT2D eigenvalue weighted by Gasteiger charge is -2.16. The first-order valence-electron chi connectivity index (χ1n) is 11.1. The van der Waals surface area contributed by atoms with Gasteiger partial charge in [-0.2, -0.15) is 0 Å². The summed E-state index contributed by atoms with van der Waals surface area (Å²) in [4.78, 5) is 34.9. The summed E-state index contributed by atoms with van der Waals surface area (Å²) < 4.78 is 42.0. The van der Waals surface area contributed by atoms with E-state index in [4.69, 9.17) is 0 Å². The quantitative estimate of drug-likeness (QED) is 0.424. The van der Waals surface area contributed by atoms with Crippen LogP contribution in [-0.2, 0) is 11.8 Å². The van der Waals surface area contributed by atoms with E-state index >= 15 is 0 Å². The number of pyridine rings is 1. The van der Waals surface area contributed by atoms with Crippen molar-refractivity contribution in [3.8, 4) is 11.3 Å². The van der Waals surface area contributed by atoms with E-state index in [1.807, 2.05) is 36.7 Å². The second-order valence-electron chi connectivity index (χ2n) is 8.66. The van der Waals surface area contributed by atoms with Crippen LogP contribution in [0.5, 0.6) is 0 Å². The first-order valence-corrected chi connectivity index (χ1v) is 11.1. The number of likely N-dealkylation sites (tertiary alicyclic amines) is 1. The van der Waals surface area contributed by atoms with Gasteiger partial charge < -0.3 is 19.8 Å². The number of amides is 2. The van der Waals surface area contributed by atoms with Gasteiger partial charge in [0.25, 0.3) is 5.91 Å². The molecule has 1 saturated heterocycles. The van der Waals surface area contributed by atoms with Crippen LogP contribution >= 0.6 is 0 Å². The number of halogens is 3. The molecule has 0 radical (unpaired) electrons. The van der Waals surface area contributed by atoms with Gasteiger partial charge in [0, 0.05) is 66.5 Å². The molecule has 10 heteroatoms. The maximum Gasteiger partial charge on any atom is 0.270 e. The molecule has 1 aromatic carbocycles. The van der Waals surface area contributed by atoms with Crippen molar-refractivity contribution in [1.29, 1.82) is 0 Å². The lowest BCUT2D eigenvalue weighted by atomic mass is 10.1. The molecule has 180 valence electrons. The number of benzene rings is 1. The number of nitrogens with zero attached hydrogens (tertiary/aromatic N) is 3. The van der Waals surface area contributed by atoms with Crippen molar-refractivity contribution in [3.63, 3.8) is 0 Å². The first-order chi connectivity index (χ1) is 16.7. The van der Waals surface area contributed by atoms with Crippen molar-refractivity contribution in [1.82, 2.24) is 19.4 Å². The number of hydrogen-bond donors (Lipinski definition) is 2. The Hall–Kier alpha value is -4.08. The van der Waals surface area contributed by atoms with E-state index in [1.54, 1.807) is 17.2 Å². The zero-order chi connectivity index (χ0) is 24.9. The van der Waals surface area contributed by atoms with Gasteiger partial charge in [0.1, 0.15) is 11.3 Å².